The van der Waals surface area contributed by atoms with Crippen molar-refractivity contribution >= 4 is 17.4 Å². The minimum Gasteiger partial charge on any atom is -0.454 e. The zero-order valence-corrected chi connectivity index (χ0v) is 14.1. The van der Waals surface area contributed by atoms with Crippen LogP contribution in [0.15, 0.2) is 30.3 Å². The van der Waals surface area contributed by atoms with Crippen LogP contribution in [0.4, 0.5) is 5.69 Å². The average Bonchev–Trinajstić information content (AvgIpc) is 2.85. The Bertz CT molecular complexity index is 749. The predicted octanol–water partition coefficient (Wildman–Crippen LogP) is 2.09. The number of Topliss-reactive ketones (excluding diaryl/α,β-unsaturated/α-hetero) is 1. The van der Waals surface area contributed by atoms with Crippen LogP contribution in [0.2, 0.25) is 0 Å². The molecule has 0 saturated heterocycles. The highest BCUT2D eigenvalue weighted by Crippen LogP contribution is 2.17. The van der Waals surface area contributed by atoms with Gasteiger partial charge < -0.3 is 19.7 Å². The number of hydrogen-bond acceptors (Lipinski definition) is 5. The summed E-state index contributed by atoms with van der Waals surface area (Å²) < 4.78 is 7.09. The number of aliphatic hydroxyl groups is 1. The Balaban J connectivity index is 2.05. The van der Waals surface area contributed by atoms with Gasteiger partial charge in [-0.25, -0.2) is 4.79 Å². The van der Waals surface area contributed by atoms with Crippen molar-refractivity contribution < 1.29 is 19.4 Å². The molecule has 1 aromatic heterocycles. The third-order valence-corrected chi connectivity index (χ3v) is 3.98. The molecular weight excluding hydrogens is 308 g/mol. The van der Waals surface area contributed by atoms with Crippen molar-refractivity contribution in [3.63, 3.8) is 0 Å². The van der Waals surface area contributed by atoms with Crippen molar-refractivity contribution in [1.29, 1.82) is 0 Å². The molecular formula is C18H22N2O4. The summed E-state index contributed by atoms with van der Waals surface area (Å²) in [5, 5.41) is 11.8. The van der Waals surface area contributed by atoms with Gasteiger partial charge in [0, 0.05) is 36.2 Å². The molecule has 1 heterocycles. The summed E-state index contributed by atoms with van der Waals surface area (Å²) in [4.78, 5) is 24.5. The fourth-order valence-electron chi connectivity index (χ4n) is 2.43. The molecule has 0 bridgehead atoms. The number of para-hydroxylation sites is 1. The van der Waals surface area contributed by atoms with Gasteiger partial charge in [0.2, 0.25) is 5.78 Å². The van der Waals surface area contributed by atoms with E-state index in [-0.39, 0.29) is 19.0 Å². The SMILES string of the molecule is Cc1cc(C(=O)COC(=O)c2ccccc2NCCO)c(C)n1C. The van der Waals surface area contributed by atoms with E-state index in [1.807, 2.05) is 25.5 Å². The van der Waals surface area contributed by atoms with Gasteiger partial charge in [0.25, 0.3) is 0 Å². The molecule has 0 aliphatic heterocycles. The topological polar surface area (TPSA) is 80.6 Å². The Morgan fingerprint density at radius 1 is 1.21 bits per heavy atom. The lowest BCUT2D eigenvalue weighted by Crippen LogP contribution is -2.17. The van der Waals surface area contributed by atoms with Crippen LogP contribution in [-0.2, 0) is 11.8 Å². The summed E-state index contributed by atoms with van der Waals surface area (Å²) in [6, 6.07) is 8.62. The summed E-state index contributed by atoms with van der Waals surface area (Å²) in [6.45, 7) is 3.74. The fourth-order valence-corrected chi connectivity index (χ4v) is 2.43. The van der Waals surface area contributed by atoms with E-state index in [1.165, 1.54) is 0 Å². The number of benzene rings is 1. The number of aromatic nitrogens is 1. The van der Waals surface area contributed by atoms with E-state index in [1.54, 1.807) is 30.3 Å². The first kappa shape index (κ1) is 17.7. The molecule has 6 nitrogen and oxygen atoms in total. The average molecular weight is 330 g/mol. The maximum absolute atomic E-state index is 12.3. The molecule has 128 valence electrons. The lowest BCUT2D eigenvalue weighted by molar-refractivity contribution is 0.0475. The van der Waals surface area contributed by atoms with Crippen molar-refractivity contribution in [2.45, 2.75) is 13.8 Å². The van der Waals surface area contributed by atoms with Crippen molar-refractivity contribution in [2.24, 2.45) is 7.05 Å². The molecule has 0 unspecified atom stereocenters. The van der Waals surface area contributed by atoms with Crippen LogP contribution in [0.25, 0.3) is 0 Å². The number of nitrogens with one attached hydrogen (secondary N) is 1. The summed E-state index contributed by atoms with van der Waals surface area (Å²) >= 11 is 0. The molecule has 2 rings (SSSR count). The number of ketones is 1. The molecule has 0 fully saturated rings. The first-order valence-electron chi connectivity index (χ1n) is 7.72. The molecule has 2 N–H and O–H groups in total. The van der Waals surface area contributed by atoms with E-state index >= 15 is 0 Å². The van der Waals surface area contributed by atoms with Crippen LogP contribution < -0.4 is 5.32 Å². The zero-order chi connectivity index (χ0) is 17.7. The molecule has 6 heteroatoms. The number of anilines is 1. The Kier molecular flexibility index (Phi) is 5.76. The maximum atomic E-state index is 12.3. The zero-order valence-electron chi connectivity index (χ0n) is 14.1. The summed E-state index contributed by atoms with van der Waals surface area (Å²) in [6.07, 6.45) is 0. The maximum Gasteiger partial charge on any atom is 0.340 e. The molecule has 0 spiro atoms. The standard InChI is InChI=1S/C18H22N2O4/c1-12-10-15(13(2)20(12)3)17(22)11-24-18(23)14-6-4-5-7-16(14)19-8-9-21/h4-7,10,19,21H,8-9,11H2,1-3H3. The number of aliphatic hydroxyl groups excluding tert-OH is 1. The molecule has 0 saturated carbocycles. The van der Waals surface area contributed by atoms with Crippen LogP contribution in [0.5, 0.6) is 0 Å². The highest BCUT2D eigenvalue weighted by atomic mass is 16.5. The van der Waals surface area contributed by atoms with Crippen LogP contribution in [0.1, 0.15) is 32.1 Å². The van der Waals surface area contributed by atoms with E-state index in [4.69, 9.17) is 9.84 Å². The number of hydrogen-bond donors (Lipinski definition) is 2. The second-order valence-electron chi connectivity index (χ2n) is 5.54. The largest absolute Gasteiger partial charge is 0.454 e. The van der Waals surface area contributed by atoms with Crippen molar-refractivity contribution in [3.05, 3.63) is 52.8 Å². The second-order valence-corrected chi connectivity index (χ2v) is 5.54. The van der Waals surface area contributed by atoms with Crippen molar-refractivity contribution in [2.75, 3.05) is 25.1 Å². The van der Waals surface area contributed by atoms with Gasteiger partial charge in [0.1, 0.15) is 0 Å². The van der Waals surface area contributed by atoms with Gasteiger partial charge in [-0.15, -0.1) is 0 Å². The minimum absolute atomic E-state index is 0.0471. The highest BCUT2D eigenvalue weighted by Gasteiger charge is 2.18. The quantitative estimate of drug-likeness (QED) is 0.600. The third-order valence-electron chi connectivity index (χ3n) is 3.98. The summed E-state index contributed by atoms with van der Waals surface area (Å²) in [7, 11) is 1.89. The lowest BCUT2D eigenvalue weighted by Gasteiger charge is -2.10. The van der Waals surface area contributed by atoms with Gasteiger partial charge in [0.15, 0.2) is 6.61 Å². The van der Waals surface area contributed by atoms with E-state index in [2.05, 4.69) is 5.32 Å². The predicted molar refractivity (Wildman–Crippen MR) is 91.5 cm³/mol. The number of ether oxygens (including phenoxy) is 1. The number of carbonyl (C=O) groups excluding carboxylic acids is 2. The third kappa shape index (κ3) is 3.83. The number of aryl methyl sites for hydroxylation is 1. The van der Waals surface area contributed by atoms with Gasteiger partial charge in [-0.05, 0) is 32.0 Å². The smallest absolute Gasteiger partial charge is 0.340 e. The summed E-state index contributed by atoms with van der Waals surface area (Å²) in [5.41, 5.74) is 3.28. The Labute approximate surface area is 141 Å². The van der Waals surface area contributed by atoms with Crippen molar-refractivity contribution in [3.8, 4) is 0 Å². The Morgan fingerprint density at radius 2 is 1.92 bits per heavy atom. The Hall–Kier alpha value is -2.60. The Morgan fingerprint density at radius 3 is 2.54 bits per heavy atom. The fraction of sp³-hybridized carbons (Fsp3) is 0.333. The molecule has 24 heavy (non-hydrogen) atoms. The van der Waals surface area contributed by atoms with Crippen molar-refractivity contribution in [1.82, 2.24) is 4.57 Å². The van der Waals surface area contributed by atoms with Gasteiger partial charge >= 0.3 is 5.97 Å². The molecule has 2 aromatic rings. The van der Waals surface area contributed by atoms with Gasteiger partial charge in [0.05, 0.1) is 12.2 Å². The van der Waals surface area contributed by atoms with Crippen LogP contribution in [0, 0.1) is 13.8 Å². The van der Waals surface area contributed by atoms with E-state index in [0.29, 0.717) is 23.4 Å². The number of carbonyl (C=O) groups is 2. The molecule has 0 atom stereocenters. The number of rotatable bonds is 7. The van der Waals surface area contributed by atoms with Crippen LogP contribution in [-0.4, -0.2) is 41.2 Å². The van der Waals surface area contributed by atoms with Gasteiger partial charge in [-0.1, -0.05) is 12.1 Å². The number of nitrogens with zero attached hydrogens (tertiary/aromatic N) is 1. The second kappa shape index (κ2) is 7.79. The molecule has 0 aliphatic rings. The van der Waals surface area contributed by atoms with Gasteiger partial charge in [-0.2, -0.15) is 0 Å². The summed E-state index contributed by atoms with van der Waals surface area (Å²) in [5.74, 6) is -0.806. The van der Waals surface area contributed by atoms with Crippen LogP contribution >= 0.6 is 0 Å². The van der Waals surface area contributed by atoms with Crippen LogP contribution in [0.3, 0.4) is 0 Å². The first-order chi connectivity index (χ1) is 11.5. The molecule has 0 aliphatic carbocycles. The lowest BCUT2D eigenvalue weighted by atomic mass is 10.1. The first-order valence-corrected chi connectivity index (χ1v) is 7.72. The molecule has 0 radical (unpaired) electrons. The highest BCUT2D eigenvalue weighted by molar-refractivity contribution is 6.01. The van der Waals surface area contributed by atoms with Gasteiger partial charge in [-0.3, -0.25) is 4.79 Å². The van der Waals surface area contributed by atoms with E-state index < -0.39 is 5.97 Å². The van der Waals surface area contributed by atoms with E-state index in [9.17, 15) is 9.59 Å². The molecule has 1 aromatic carbocycles. The monoisotopic (exact) mass is 330 g/mol. The molecule has 0 amide bonds. The normalized spacial score (nSPS) is 10.5. The minimum atomic E-state index is -0.574. The number of esters is 1. The van der Waals surface area contributed by atoms with E-state index in [0.717, 1.165) is 11.4 Å².